The maximum Gasteiger partial charge on any atom is 0.145 e. The van der Waals surface area contributed by atoms with Crippen molar-refractivity contribution in [3.8, 4) is 5.75 Å². The topological polar surface area (TPSA) is 43.4 Å². The molecule has 1 heterocycles. The average molecular weight is 274 g/mol. The molecule has 0 atom stereocenters. The molecule has 1 aromatic carbocycles. The van der Waals surface area contributed by atoms with E-state index < -0.39 is 0 Å². The maximum atomic E-state index is 5.38. The highest BCUT2D eigenvalue weighted by Gasteiger charge is 2.07. The lowest BCUT2D eigenvalue weighted by molar-refractivity contribution is 0.147. The predicted octanol–water partition coefficient (Wildman–Crippen LogP) is 3.39. The molecule has 2 aromatic rings. The van der Waals surface area contributed by atoms with Gasteiger partial charge < -0.3 is 14.8 Å². The lowest BCUT2D eigenvalue weighted by Gasteiger charge is -2.12. The molecule has 0 saturated heterocycles. The molecule has 0 radical (unpaired) electrons. The monoisotopic (exact) mass is 274 g/mol. The average Bonchev–Trinajstić information content (AvgIpc) is 2.46. The highest BCUT2D eigenvalue weighted by Crippen LogP contribution is 2.29. The third-order valence-electron chi connectivity index (χ3n) is 3.14. The minimum absolute atomic E-state index is 0.772. The largest absolute Gasteiger partial charge is 0.494 e. The van der Waals surface area contributed by atoms with Gasteiger partial charge in [0.1, 0.15) is 11.3 Å². The first-order valence-electron chi connectivity index (χ1n) is 7.02. The summed E-state index contributed by atoms with van der Waals surface area (Å²) in [4.78, 5) is 4.58. The van der Waals surface area contributed by atoms with Crippen LogP contribution in [0.2, 0.25) is 0 Å². The number of para-hydroxylation sites is 1. The van der Waals surface area contributed by atoms with Crippen molar-refractivity contribution in [1.29, 1.82) is 0 Å². The van der Waals surface area contributed by atoms with Gasteiger partial charge >= 0.3 is 0 Å². The van der Waals surface area contributed by atoms with Crippen LogP contribution in [-0.2, 0) is 4.74 Å². The van der Waals surface area contributed by atoms with E-state index in [-0.39, 0.29) is 0 Å². The number of pyridine rings is 1. The second-order valence-electron chi connectivity index (χ2n) is 4.64. The fourth-order valence-corrected chi connectivity index (χ4v) is 2.20. The molecule has 108 valence electrons. The normalized spacial score (nSPS) is 10.8. The molecule has 0 bridgehead atoms. The van der Waals surface area contributed by atoms with E-state index in [1.807, 2.05) is 26.0 Å². The van der Waals surface area contributed by atoms with Gasteiger partial charge in [-0.25, -0.2) is 4.98 Å². The Morgan fingerprint density at radius 3 is 2.90 bits per heavy atom. The first kappa shape index (κ1) is 14.6. The summed E-state index contributed by atoms with van der Waals surface area (Å²) >= 11 is 0. The molecule has 0 aliphatic rings. The van der Waals surface area contributed by atoms with Gasteiger partial charge in [0.15, 0.2) is 0 Å². The van der Waals surface area contributed by atoms with Gasteiger partial charge in [-0.15, -0.1) is 0 Å². The van der Waals surface area contributed by atoms with Crippen molar-refractivity contribution < 1.29 is 9.47 Å². The number of aromatic nitrogens is 1. The van der Waals surface area contributed by atoms with Crippen molar-refractivity contribution in [2.24, 2.45) is 0 Å². The van der Waals surface area contributed by atoms with E-state index in [1.165, 1.54) is 0 Å². The molecule has 4 nitrogen and oxygen atoms in total. The van der Waals surface area contributed by atoms with Gasteiger partial charge in [-0.3, -0.25) is 0 Å². The molecule has 0 spiro atoms. The van der Waals surface area contributed by atoms with Crippen LogP contribution < -0.4 is 10.1 Å². The second kappa shape index (κ2) is 7.10. The van der Waals surface area contributed by atoms with Crippen molar-refractivity contribution >= 4 is 16.6 Å². The fourth-order valence-electron chi connectivity index (χ4n) is 2.20. The zero-order valence-corrected chi connectivity index (χ0v) is 12.4. The maximum absolute atomic E-state index is 5.38. The quantitative estimate of drug-likeness (QED) is 0.786. The molecule has 0 aliphatic carbocycles. The number of benzene rings is 1. The Morgan fingerprint density at radius 1 is 1.30 bits per heavy atom. The van der Waals surface area contributed by atoms with Crippen molar-refractivity contribution in [2.75, 3.05) is 32.2 Å². The van der Waals surface area contributed by atoms with Crippen LogP contribution in [0.4, 0.5) is 5.69 Å². The lowest BCUT2D eigenvalue weighted by Crippen LogP contribution is -2.06. The smallest absolute Gasteiger partial charge is 0.145 e. The van der Waals surface area contributed by atoms with E-state index in [4.69, 9.17) is 9.47 Å². The minimum atomic E-state index is 0.772. The Balaban J connectivity index is 2.20. The van der Waals surface area contributed by atoms with Gasteiger partial charge in [-0.2, -0.15) is 0 Å². The minimum Gasteiger partial charge on any atom is -0.494 e. The van der Waals surface area contributed by atoms with Gasteiger partial charge in [0.25, 0.3) is 0 Å². The highest BCUT2D eigenvalue weighted by molar-refractivity contribution is 5.95. The summed E-state index contributed by atoms with van der Waals surface area (Å²) < 4.78 is 10.7. The molecule has 0 fully saturated rings. The van der Waals surface area contributed by atoms with Crippen LogP contribution in [0.3, 0.4) is 0 Å². The molecular weight excluding hydrogens is 252 g/mol. The second-order valence-corrected chi connectivity index (χ2v) is 4.64. The number of fused-ring (bicyclic) bond motifs is 1. The summed E-state index contributed by atoms with van der Waals surface area (Å²) in [6.45, 7) is 6.45. The Kier molecular flexibility index (Phi) is 5.18. The van der Waals surface area contributed by atoms with E-state index in [9.17, 15) is 0 Å². The number of nitrogens with zero attached hydrogens (tertiary/aromatic N) is 1. The molecule has 0 aliphatic heterocycles. The first-order chi connectivity index (χ1) is 9.76. The Labute approximate surface area is 120 Å². The van der Waals surface area contributed by atoms with Gasteiger partial charge in [0.2, 0.25) is 0 Å². The molecule has 0 amide bonds. The van der Waals surface area contributed by atoms with Crippen molar-refractivity contribution in [3.63, 3.8) is 0 Å². The van der Waals surface area contributed by atoms with Crippen LogP contribution in [0.1, 0.15) is 19.0 Å². The molecule has 2 rings (SSSR count). The first-order valence-corrected chi connectivity index (χ1v) is 7.02. The fraction of sp³-hybridized carbons (Fsp3) is 0.438. The molecule has 0 unspecified atom stereocenters. The number of methoxy groups -OCH3 is 1. The van der Waals surface area contributed by atoms with E-state index in [2.05, 4.69) is 22.4 Å². The third kappa shape index (κ3) is 3.39. The van der Waals surface area contributed by atoms with E-state index >= 15 is 0 Å². The summed E-state index contributed by atoms with van der Waals surface area (Å²) in [5.74, 6) is 0.809. The summed E-state index contributed by atoms with van der Waals surface area (Å²) in [6, 6.07) is 8.06. The summed E-state index contributed by atoms with van der Waals surface area (Å²) in [7, 11) is 1.67. The zero-order valence-electron chi connectivity index (χ0n) is 12.4. The Hall–Kier alpha value is -1.81. The third-order valence-corrected chi connectivity index (χ3v) is 3.14. The molecule has 1 N–H and O–H groups in total. The molecule has 20 heavy (non-hydrogen) atoms. The van der Waals surface area contributed by atoms with E-state index in [1.54, 1.807) is 7.11 Å². The Bertz CT molecular complexity index is 570. The highest BCUT2D eigenvalue weighted by atomic mass is 16.5. The van der Waals surface area contributed by atoms with Gasteiger partial charge in [0.05, 0.1) is 7.11 Å². The molecular formula is C16H22N2O2. The van der Waals surface area contributed by atoms with Crippen molar-refractivity contribution in [2.45, 2.75) is 20.3 Å². The van der Waals surface area contributed by atoms with Crippen molar-refractivity contribution in [3.05, 3.63) is 30.0 Å². The van der Waals surface area contributed by atoms with Gasteiger partial charge in [0, 0.05) is 36.5 Å². The SMILES string of the molecule is CCOCCCNc1cc(C)nc2c(OC)cccc12. The van der Waals surface area contributed by atoms with Crippen LogP contribution in [0.15, 0.2) is 24.3 Å². The number of hydrogen-bond acceptors (Lipinski definition) is 4. The zero-order chi connectivity index (χ0) is 14.4. The number of ether oxygens (including phenoxy) is 2. The van der Waals surface area contributed by atoms with E-state index in [0.717, 1.165) is 54.2 Å². The summed E-state index contributed by atoms with van der Waals surface area (Å²) in [5, 5.41) is 4.55. The number of nitrogens with one attached hydrogen (secondary N) is 1. The molecule has 0 saturated carbocycles. The van der Waals surface area contributed by atoms with E-state index in [0.29, 0.717) is 0 Å². The lowest BCUT2D eigenvalue weighted by atomic mass is 10.1. The van der Waals surface area contributed by atoms with Crippen LogP contribution in [0, 0.1) is 6.92 Å². The summed E-state index contributed by atoms with van der Waals surface area (Å²) in [6.07, 6.45) is 0.987. The summed E-state index contributed by atoms with van der Waals surface area (Å²) in [5.41, 5.74) is 2.99. The number of aryl methyl sites for hydroxylation is 1. The van der Waals surface area contributed by atoms with Crippen LogP contribution in [0.5, 0.6) is 5.75 Å². The van der Waals surface area contributed by atoms with Gasteiger partial charge in [-0.1, -0.05) is 12.1 Å². The predicted molar refractivity (Wildman–Crippen MR) is 82.6 cm³/mol. The van der Waals surface area contributed by atoms with Crippen LogP contribution in [0.25, 0.3) is 10.9 Å². The number of rotatable bonds is 7. The number of hydrogen-bond donors (Lipinski definition) is 1. The van der Waals surface area contributed by atoms with Gasteiger partial charge in [-0.05, 0) is 32.4 Å². The Morgan fingerprint density at radius 2 is 2.15 bits per heavy atom. The van der Waals surface area contributed by atoms with Crippen LogP contribution in [-0.4, -0.2) is 31.9 Å². The standard InChI is InChI=1S/C16H22N2O2/c1-4-20-10-6-9-17-14-11-12(2)18-16-13(14)7-5-8-15(16)19-3/h5,7-8,11H,4,6,9-10H2,1-3H3,(H,17,18). The van der Waals surface area contributed by atoms with Crippen LogP contribution >= 0.6 is 0 Å². The molecule has 1 aromatic heterocycles. The van der Waals surface area contributed by atoms with Crippen molar-refractivity contribution in [1.82, 2.24) is 4.98 Å². The molecule has 4 heteroatoms. The number of anilines is 1.